The molecular weight excluding hydrogens is 768 g/mol. The van der Waals surface area contributed by atoms with Crippen LogP contribution in [-0.2, 0) is 49.6 Å². The Balaban J connectivity index is 1.71. The molecular formula is C40H58N8O11. The second-order valence-electron chi connectivity index (χ2n) is 16.0. The number of hydrogen-bond acceptors (Lipinski definition) is 10. The number of carbonyl (C=O) groups is 9. The first kappa shape index (κ1) is 45.9. The number of fused-ring (bicyclic) bond motifs is 2. The number of carboxylic acid groups (broad SMARTS) is 1. The molecule has 0 spiro atoms. The number of aliphatic carboxylic acids is 1. The highest BCUT2D eigenvalue weighted by Crippen LogP contribution is 2.27. The zero-order chi connectivity index (χ0) is 43.6. The van der Waals surface area contributed by atoms with E-state index in [0.717, 1.165) is 0 Å². The summed E-state index contributed by atoms with van der Waals surface area (Å²) in [7, 11) is 0. The molecule has 0 unspecified atom stereocenters. The van der Waals surface area contributed by atoms with Gasteiger partial charge in [-0.2, -0.15) is 0 Å². The summed E-state index contributed by atoms with van der Waals surface area (Å²) < 4.78 is 0. The molecule has 0 saturated carbocycles. The van der Waals surface area contributed by atoms with Gasteiger partial charge in [0.05, 0.1) is 13.0 Å². The first-order chi connectivity index (χ1) is 27.9. The van der Waals surface area contributed by atoms with Gasteiger partial charge in [0.1, 0.15) is 48.0 Å². The fourth-order valence-corrected chi connectivity index (χ4v) is 7.54. The van der Waals surface area contributed by atoms with Gasteiger partial charge in [0.25, 0.3) is 0 Å². The number of rotatable bonds is 8. The van der Waals surface area contributed by atoms with Crippen LogP contribution in [0.3, 0.4) is 0 Å². The van der Waals surface area contributed by atoms with Crippen molar-refractivity contribution < 1.29 is 53.4 Å². The summed E-state index contributed by atoms with van der Waals surface area (Å²) in [5.41, 5.74) is 0.472. The average molecular weight is 827 g/mol. The van der Waals surface area contributed by atoms with E-state index in [2.05, 4.69) is 31.9 Å². The minimum absolute atomic E-state index is 0.0618. The topological polar surface area (TPSA) is 273 Å². The number of amides is 8. The Kier molecular flexibility index (Phi) is 16.2. The maximum atomic E-state index is 14.1. The number of aromatic hydroxyl groups is 1. The van der Waals surface area contributed by atoms with E-state index in [9.17, 15) is 53.4 Å². The van der Waals surface area contributed by atoms with Crippen molar-refractivity contribution in [3.63, 3.8) is 0 Å². The molecule has 0 aromatic heterocycles. The third-order valence-corrected chi connectivity index (χ3v) is 11.0. The molecule has 3 aliphatic rings. The molecule has 0 aliphatic carbocycles. The van der Waals surface area contributed by atoms with E-state index in [0.29, 0.717) is 37.7 Å². The van der Waals surface area contributed by atoms with Crippen molar-refractivity contribution in [2.45, 2.75) is 128 Å². The van der Waals surface area contributed by atoms with Crippen molar-refractivity contribution in [3.8, 4) is 5.75 Å². The monoisotopic (exact) mass is 826 g/mol. The Morgan fingerprint density at radius 2 is 1.31 bits per heavy atom. The number of carboxylic acids is 1. The standard InChI is InChI=1S/C40H58N8O11/c1-6-22(4)33-40(59)48-16-8-10-30(48)39(58)47-15-7-9-29(47)38(57)42-23(5)34(53)43-27(18-24-11-13-25(49)14-12-24)36(55)45-28(19-32(51)52)37(56)44-26(17-21(2)3)35(54)41-20-31(50)46-33/h11-14,21-23,26-30,33,49H,6-10,15-20H2,1-5H3,(H,41,54)(H,42,57)(H,43,53)(H,44,56)(H,45,55)(H,46,50)(H,51,52)/t22-,23-,26-,27-,28-,29-,30-,33-/m0/s1. The molecule has 1 aromatic rings. The van der Waals surface area contributed by atoms with Gasteiger partial charge in [-0.15, -0.1) is 0 Å². The summed E-state index contributed by atoms with van der Waals surface area (Å²) >= 11 is 0. The van der Waals surface area contributed by atoms with Crippen LogP contribution in [0.4, 0.5) is 0 Å². The average Bonchev–Trinajstić information content (AvgIpc) is 3.89. The second-order valence-corrected chi connectivity index (χ2v) is 16.0. The van der Waals surface area contributed by atoms with Gasteiger partial charge in [-0.05, 0) is 68.6 Å². The van der Waals surface area contributed by atoms with Gasteiger partial charge < -0.3 is 51.9 Å². The molecule has 324 valence electrons. The van der Waals surface area contributed by atoms with Gasteiger partial charge in [0, 0.05) is 19.5 Å². The second kappa shape index (κ2) is 20.8. The highest BCUT2D eigenvalue weighted by Gasteiger charge is 2.45. The fraction of sp³-hybridized carbons (Fsp3) is 0.625. The zero-order valence-electron chi connectivity index (χ0n) is 34.2. The number of phenolic OH excluding ortho intramolecular Hbond substituents is 1. The van der Waals surface area contributed by atoms with Crippen molar-refractivity contribution in [3.05, 3.63) is 29.8 Å². The van der Waals surface area contributed by atoms with E-state index in [4.69, 9.17) is 0 Å². The summed E-state index contributed by atoms with van der Waals surface area (Å²) in [6.07, 6.45) is 1.10. The first-order valence-electron chi connectivity index (χ1n) is 20.3. The molecule has 0 radical (unpaired) electrons. The van der Waals surface area contributed by atoms with Crippen molar-refractivity contribution in [2.75, 3.05) is 19.6 Å². The van der Waals surface area contributed by atoms with Crippen molar-refractivity contribution in [1.29, 1.82) is 0 Å². The lowest BCUT2D eigenvalue weighted by Gasteiger charge is -2.34. The Hall–Kier alpha value is -5.75. The number of carbonyl (C=O) groups excluding carboxylic acids is 8. The fourth-order valence-electron chi connectivity index (χ4n) is 7.54. The third-order valence-electron chi connectivity index (χ3n) is 11.0. The van der Waals surface area contributed by atoms with Gasteiger partial charge in [-0.25, -0.2) is 0 Å². The number of benzene rings is 1. The van der Waals surface area contributed by atoms with Crippen LogP contribution in [0.15, 0.2) is 24.3 Å². The van der Waals surface area contributed by atoms with E-state index in [1.165, 1.54) is 41.0 Å². The van der Waals surface area contributed by atoms with Crippen LogP contribution in [0.1, 0.15) is 85.1 Å². The molecule has 3 fully saturated rings. The maximum absolute atomic E-state index is 14.1. The summed E-state index contributed by atoms with van der Waals surface area (Å²) in [4.78, 5) is 125. The van der Waals surface area contributed by atoms with Crippen LogP contribution in [0.5, 0.6) is 5.75 Å². The van der Waals surface area contributed by atoms with Crippen LogP contribution in [0.2, 0.25) is 0 Å². The molecule has 8 N–H and O–H groups in total. The van der Waals surface area contributed by atoms with E-state index < -0.39 is 108 Å². The molecule has 3 saturated heterocycles. The highest BCUT2D eigenvalue weighted by molar-refractivity contribution is 5.99. The van der Waals surface area contributed by atoms with Gasteiger partial charge in [0.15, 0.2) is 0 Å². The first-order valence-corrected chi connectivity index (χ1v) is 20.3. The molecule has 19 heteroatoms. The lowest BCUT2D eigenvalue weighted by atomic mass is 9.97. The Bertz CT molecular complexity index is 1750. The molecule has 59 heavy (non-hydrogen) atoms. The summed E-state index contributed by atoms with van der Waals surface area (Å²) in [6.45, 7) is 8.45. The summed E-state index contributed by atoms with van der Waals surface area (Å²) in [5, 5.41) is 34.8. The minimum Gasteiger partial charge on any atom is -0.508 e. The van der Waals surface area contributed by atoms with Crippen molar-refractivity contribution >= 4 is 53.2 Å². The molecule has 4 rings (SSSR count). The SMILES string of the molecule is CC[C@H](C)[C@@H]1NC(=O)CNC(=O)[C@H](CC(C)C)NC(=O)[C@H](CC(=O)O)NC(=O)[C@H](Cc2ccc(O)cc2)NC(=O)[C@H](C)NC(=O)[C@@H]2CCCN2C(=O)[C@@H]2CCCN2C1=O. The molecule has 3 aliphatic heterocycles. The Morgan fingerprint density at radius 3 is 1.92 bits per heavy atom. The number of nitrogens with zero attached hydrogens (tertiary/aromatic N) is 2. The minimum atomic E-state index is -1.73. The quantitative estimate of drug-likeness (QED) is 0.158. The normalized spacial score (nSPS) is 27.7. The van der Waals surface area contributed by atoms with E-state index in [1.54, 1.807) is 20.8 Å². The van der Waals surface area contributed by atoms with Crippen LogP contribution in [0, 0.1) is 11.8 Å². The lowest BCUT2D eigenvalue weighted by molar-refractivity contribution is -0.148. The van der Waals surface area contributed by atoms with Gasteiger partial charge in [-0.1, -0.05) is 46.2 Å². The Morgan fingerprint density at radius 1 is 0.729 bits per heavy atom. The van der Waals surface area contributed by atoms with Gasteiger partial charge >= 0.3 is 5.97 Å². The summed E-state index contributed by atoms with van der Waals surface area (Å²) in [6, 6.07) is -2.85. The lowest BCUT2D eigenvalue weighted by Crippen LogP contribution is -2.60. The molecule has 0 bridgehead atoms. The third kappa shape index (κ3) is 12.4. The van der Waals surface area contributed by atoms with E-state index >= 15 is 0 Å². The van der Waals surface area contributed by atoms with Gasteiger partial charge in [-0.3, -0.25) is 43.2 Å². The predicted molar refractivity (Wildman–Crippen MR) is 211 cm³/mol. The largest absolute Gasteiger partial charge is 0.508 e. The Labute approximate surface area is 343 Å². The van der Waals surface area contributed by atoms with Crippen molar-refractivity contribution in [2.24, 2.45) is 11.8 Å². The number of phenols is 1. The van der Waals surface area contributed by atoms with Crippen LogP contribution < -0.4 is 31.9 Å². The predicted octanol–water partition coefficient (Wildman–Crippen LogP) is -0.943. The van der Waals surface area contributed by atoms with Crippen LogP contribution in [-0.4, -0.2) is 135 Å². The van der Waals surface area contributed by atoms with Crippen molar-refractivity contribution in [1.82, 2.24) is 41.7 Å². The summed E-state index contributed by atoms with van der Waals surface area (Å²) in [5.74, 6) is -7.85. The van der Waals surface area contributed by atoms with E-state index in [1.807, 2.05) is 6.92 Å². The van der Waals surface area contributed by atoms with Gasteiger partial charge in [0.2, 0.25) is 47.3 Å². The highest BCUT2D eigenvalue weighted by atomic mass is 16.4. The van der Waals surface area contributed by atoms with Crippen LogP contribution in [0.25, 0.3) is 0 Å². The molecule has 8 atom stereocenters. The van der Waals surface area contributed by atoms with Crippen LogP contribution >= 0.6 is 0 Å². The molecule has 19 nitrogen and oxygen atoms in total. The molecule has 1 aromatic carbocycles. The van der Waals surface area contributed by atoms with E-state index in [-0.39, 0.29) is 43.5 Å². The smallest absolute Gasteiger partial charge is 0.305 e. The molecule has 3 heterocycles. The number of hydrogen-bond donors (Lipinski definition) is 8. The number of nitrogens with one attached hydrogen (secondary N) is 6. The maximum Gasteiger partial charge on any atom is 0.305 e. The molecule has 8 amide bonds. The zero-order valence-corrected chi connectivity index (χ0v) is 34.2.